The first-order chi connectivity index (χ1) is 7.56. The van der Waals surface area contributed by atoms with E-state index < -0.39 is 29.5 Å². The van der Waals surface area contributed by atoms with E-state index in [4.69, 9.17) is 10.8 Å². The predicted octanol–water partition coefficient (Wildman–Crippen LogP) is 0.493. The van der Waals surface area contributed by atoms with Crippen molar-refractivity contribution in [1.82, 2.24) is 5.32 Å². The number of carbonyl (C=O) groups excluding carboxylic acids is 1. The lowest BCUT2D eigenvalue weighted by Gasteiger charge is -2.29. The number of aliphatic carboxylic acids is 1. The molecule has 0 rings (SSSR count). The molecule has 0 spiro atoms. The lowest BCUT2D eigenvalue weighted by molar-refractivity contribution is -0.207. The number of nitrogens with one attached hydrogen (secondary N) is 1. The molecular formula is C9H15F3N2O3. The van der Waals surface area contributed by atoms with Gasteiger partial charge in [-0.1, -0.05) is 6.92 Å². The Kier molecular flexibility index (Phi) is 4.94. The molecule has 1 amide bonds. The highest BCUT2D eigenvalue weighted by Gasteiger charge is 2.58. The van der Waals surface area contributed by atoms with E-state index in [0.717, 1.165) is 0 Å². The third-order valence-corrected chi connectivity index (χ3v) is 2.42. The van der Waals surface area contributed by atoms with Crippen molar-refractivity contribution in [3.8, 4) is 0 Å². The molecule has 0 aromatic heterocycles. The summed E-state index contributed by atoms with van der Waals surface area (Å²) in [7, 11) is 0. The van der Waals surface area contributed by atoms with Crippen LogP contribution in [0.2, 0.25) is 0 Å². The zero-order valence-electron chi connectivity index (χ0n) is 9.47. The number of hydrogen-bond acceptors (Lipinski definition) is 3. The summed E-state index contributed by atoms with van der Waals surface area (Å²) in [6.45, 7) is 1.91. The zero-order chi connectivity index (χ0) is 13.9. The van der Waals surface area contributed by atoms with Crippen molar-refractivity contribution in [3.63, 3.8) is 0 Å². The van der Waals surface area contributed by atoms with Crippen molar-refractivity contribution in [1.29, 1.82) is 0 Å². The Labute approximate surface area is 96.2 Å². The number of halogens is 3. The van der Waals surface area contributed by atoms with Gasteiger partial charge >= 0.3 is 12.1 Å². The van der Waals surface area contributed by atoms with Gasteiger partial charge in [0.05, 0.1) is 0 Å². The van der Waals surface area contributed by atoms with Crippen LogP contribution in [0, 0.1) is 5.92 Å². The van der Waals surface area contributed by atoms with Crippen LogP contribution in [0.3, 0.4) is 0 Å². The Morgan fingerprint density at radius 1 is 1.41 bits per heavy atom. The number of alkyl halides is 3. The SMILES string of the molecule is CC(CCN)C(=O)NC(C)(C(=O)O)C(F)(F)F. The van der Waals surface area contributed by atoms with E-state index in [1.54, 1.807) is 0 Å². The number of hydrogen-bond donors (Lipinski definition) is 3. The largest absolute Gasteiger partial charge is 0.479 e. The molecule has 0 aliphatic heterocycles. The van der Waals surface area contributed by atoms with Crippen LogP contribution in [-0.4, -0.2) is 35.2 Å². The van der Waals surface area contributed by atoms with Crippen LogP contribution < -0.4 is 11.1 Å². The van der Waals surface area contributed by atoms with Gasteiger partial charge in [0, 0.05) is 5.92 Å². The summed E-state index contributed by atoms with van der Waals surface area (Å²) in [5, 5.41) is 10.1. The molecular weight excluding hydrogens is 241 g/mol. The summed E-state index contributed by atoms with van der Waals surface area (Å²) >= 11 is 0. The number of carbonyl (C=O) groups is 2. The molecule has 0 fully saturated rings. The van der Waals surface area contributed by atoms with Gasteiger partial charge in [0.1, 0.15) is 0 Å². The normalized spacial score (nSPS) is 17.1. The standard InChI is InChI=1S/C9H15F3N2O3/c1-5(3-4-13)6(15)14-8(2,7(16)17)9(10,11)12/h5H,3-4,13H2,1-2H3,(H,14,15)(H,16,17). The Balaban J connectivity index is 4.92. The maximum absolute atomic E-state index is 12.5. The fourth-order valence-corrected chi connectivity index (χ4v) is 0.996. The van der Waals surface area contributed by atoms with Gasteiger partial charge in [-0.15, -0.1) is 0 Å². The molecule has 0 aromatic rings. The molecule has 2 atom stereocenters. The molecule has 8 heteroatoms. The van der Waals surface area contributed by atoms with Gasteiger partial charge in [-0.05, 0) is 19.9 Å². The van der Waals surface area contributed by atoms with Crippen molar-refractivity contribution in [2.24, 2.45) is 11.7 Å². The molecule has 0 saturated carbocycles. The van der Waals surface area contributed by atoms with Crippen LogP contribution in [-0.2, 0) is 9.59 Å². The Bertz CT molecular complexity index is 306. The third-order valence-electron chi connectivity index (χ3n) is 2.42. The lowest BCUT2D eigenvalue weighted by Crippen LogP contribution is -2.62. The first-order valence-electron chi connectivity index (χ1n) is 4.88. The Morgan fingerprint density at radius 3 is 2.18 bits per heavy atom. The highest BCUT2D eigenvalue weighted by Crippen LogP contribution is 2.30. The summed E-state index contributed by atoms with van der Waals surface area (Å²) in [6.07, 6.45) is -4.89. The van der Waals surface area contributed by atoms with Gasteiger partial charge < -0.3 is 16.2 Å². The smallest absolute Gasteiger partial charge is 0.422 e. The quantitative estimate of drug-likeness (QED) is 0.667. The highest BCUT2D eigenvalue weighted by molar-refractivity contribution is 5.88. The van der Waals surface area contributed by atoms with Crippen molar-refractivity contribution in [3.05, 3.63) is 0 Å². The number of rotatable bonds is 5. The Hall–Kier alpha value is -1.31. The van der Waals surface area contributed by atoms with Crippen molar-refractivity contribution in [2.45, 2.75) is 32.0 Å². The van der Waals surface area contributed by atoms with Crippen molar-refractivity contribution in [2.75, 3.05) is 6.54 Å². The van der Waals surface area contributed by atoms with E-state index in [9.17, 15) is 22.8 Å². The molecule has 17 heavy (non-hydrogen) atoms. The second-order valence-electron chi connectivity index (χ2n) is 3.90. The number of carboxylic acids is 1. The van der Waals surface area contributed by atoms with Crippen molar-refractivity contribution < 1.29 is 27.9 Å². The van der Waals surface area contributed by atoms with E-state index in [0.29, 0.717) is 6.92 Å². The molecule has 0 aliphatic rings. The fraction of sp³-hybridized carbons (Fsp3) is 0.778. The minimum atomic E-state index is -5.07. The molecule has 0 saturated heterocycles. The van der Waals surface area contributed by atoms with Crippen LogP contribution in [0.4, 0.5) is 13.2 Å². The van der Waals surface area contributed by atoms with Crippen LogP contribution >= 0.6 is 0 Å². The average molecular weight is 256 g/mol. The molecule has 0 heterocycles. The number of nitrogens with two attached hydrogens (primary N) is 1. The maximum Gasteiger partial charge on any atom is 0.422 e. The van der Waals surface area contributed by atoms with E-state index in [2.05, 4.69) is 0 Å². The van der Waals surface area contributed by atoms with Gasteiger partial charge in [-0.3, -0.25) is 4.79 Å². The minimum Gasteiger partial charge on any atom is -0.479 e. The second kappa shape index (κ2) is 5.35. The minimum absolute atomic E-state index is 0.129. The molecule has 2 unspecified atom stereocenters. The lowest BCUT2D eigenvalue weighted by atomic mass is 9.99. The average Bonchev–Trinajstić information content (AvgIpc) is 2.15. The molecule has 0 aliphatic carbocycles. The monoisotopic (exact) mass is 256 g/mol. The number of carboxylic acid groups (broad SMARTS) is 1. The van der Waals surface area contributed by atoms with Gasteiger partial charge in [-0.25, -0.2) is 4.79 Å². The van der Waals surface area contributed by atoms with Gasteiger partial charge in [0.25, 0.3) is 0 Å². The van der Waals surface area contributed by atoms with Gasteiger partial charge in [-0.2, -0.15) is 13.2 Å². The molecule has 0 bridgehead atoms. The Morgan fingerprint density at radius 2 is 1.88 bits per heavy atom. The summed E-state index contributed by atoms with van der Waals surface area (Å²) in [6, 6.07) is 0. The van der Waals surface area contributed by atoms with Gasteiger partial charge in [0.15, 0.2) is 0 Å². The summed E-state index contributed by atoms with van der Waals surface area (Å²) < 4.78 is 37.6. The van der Waals surface area contributed by atoms with E-state index in [1.165, 1.54) is 12.2 Å². The van der Waals surface area contributed by atoms with E-state index in [-0.39, 0.29) is 13.0 Å². The first-order valence-corrected chi connectivity index (χ1v) is 4.88. The van der Waals surface area contributed by atoms with E-state index >= 15 is 0 Å². The van der Waals surface area contributed by atoms with Crippen LogP contribution in [0.5, 0.6) is 0 Å². The van der Waals surface area contributed by atoms with Crippen LogP contribution in [0.1, 0.15) is 20.3 Å². The summed E-state index contributed by atoms with van der Waals surface area (Å²) in [4.78, 5) is 22.0. The second-order valence-corrected chi connectivity index (χ2v) is 3.90. The van der Waals surface area contributed by atoms with Crippen molar-refractivity contribution >= 4 is 11.9 Å². The molecule has 0 aromatic carbocycles. The molecule has 5 nitrogen and oxygen atoms in total. The topological polar surface area (TPSA) is 92.4 Å². The first kappa shape index (κ1) is 15.7. The van der Waals surface area contributed by atoms with Crippen LogP contribution in [0.15, 0.2) is 0 Å². The summed E-state index contributed by atoms with van der Waals surface area (Å²) in [5.74, 6) is -3.92. The summed E-state index contributed by atoms with van der Waals surface area (Å²) in [5.41, 5.74) is 1.87. The zero-order valence-corrected chi connectivity index (χ0v) is 9.47. The molecule has 0 radical (unpaired) electrons. The molecule has 4 N–H and O–H groups in total. The highest BCUT2D eigenvalue weighted by atomic mass is 19.4. The molecule has 100 valence electrons. The third kappa shape index (κ3) is 3.58. The van der Waals surface area contributed by atoms with E-state index in [1.807, 2.05) is 0 Å². The van der Waals surface area contributed by atoms with Gasteiger partial charge in [0.2, 0.25) is 11.4 Å². The number of amides is 1. The predicted molar refractivity (Wildman–Crippen MR) is 53.1 cm³/mol. The maximum atomic E-state index is 12.5. The van der Waals surface area contributed by atoms with Crippen LogP contribution in [0.25, 0.3) is 0 Å². The fourth-order valence-electron chi connectivity index (χ4n) is 0.996.